The molecule has 0 aromatic rings. The van der Waals surface area contributed by atoms with E-state index in [1.807, 2.05) is 0 Å². The van der Waals surface area contributed by atoms with Crippen LogP contribution in [0.25, 0.3) is 0 Å². The van der Waals surface area contributed by atoms with E-state index in [1.165, 1.54) is 25.7 Å². The molecule has 5 aliphatic rings. The average molecular weight is 301 g/mol. The van der Waals surface area contributed by atoms with Crippen LogP contribution in [0.5, 0.6) is 0 Å². The van der Waals surface area contributed by atoms with Gasteiger partial charge in [-0.05, 0) is 19.3 Å². The van der Waals surface area contributed by atoms with Crippen molar-refractivity contribution in [2.24, 2.45) is 16.2 Å². The van der Waals surface area contributed by atoms with Crippen LogP contribution in [0.2, 0.25) is 0 Å². The van der Waals surface area contributed by atoms with Crippen molar-refractivity contribution in [2.45, 2.75) is 58.5 Å². The standard InChI is InChI=1S/C18H27N3O/c1-16-10-20-12-17(2,14(16)22)13-21(11-16)15(20)18(8-5-9-19)6-3-4-7-18/h15H,3-8,10-13H2,1-2H3. The molecule has 22 heavy (non-hydrogen) atoms. The predicted octanol–water partition coefficient (Wildman–Crippen LogP) is 2.40. The van der Waals surface area contributed by atoms with E-state index in [4.69, 9.17) is 5.26 Å². The fourth-order valence-electron chi connectivity index (χ4n) is 6.39. The third kappa shape index (κ3) is 1.79. The first kappa shape index (κ1) is 14.7. The van der Waals surface area contributed by atoms with E-state index in [1.54, 1.807) is 0 Å². The maximum atomic E-state index is 12.8. The molecule has 0 radical (unpaired) electrons. The number of carbonyl (C=O) groups excluding carboxylic acids is 1. The van der Waals surface area contributed by atoms with Gasteiger partial charge >= 0.3 is 0 Å². The van der Waals surface area contributed by atoms with E-state index in [2.05, 4.69) is 29.7 Å². The second-order valence-electron chi connectivity index (χ2n) is 8.86. The summed E-state index contributed by atoms with van der Waals surface area (Å²) in [6.45, 7) is 8.04. The molecule has 4 aliphatic heterocycles. The highest BCUT2D eigenvalue weighted by molar-refractivity contribution is 5.92. The van der Waals surface area contributed by atoms with Gasteiger partial charge in [0.1, 0.15) is 5.78 Å². The van der Waals surface area contributed by atoms with Gasteiger partial charge < -0.3 is 0 Å². The summed E-state index contributed by atoms with van der Waals surface area (Å²) in [4.78, 5) is 18.0. The van der Waals surface area contributed by atoms with Gasteiger partial charge in [-0.2, -0.15) is 5.26 Å². The summed E-state index contributed by atoms with van der Waals surface area (Å²) >= 11 is 0. The maximum absolute atomic E-state index is 12.8. The van der Waals surface area contributed by atoms with E-state index in [9.17, 15) is 4.79 Å². The second-order valence-corrected chi connectivity index (χ2v) is 8.86. The number of ketones is 1. The third-order valence-corrected chi connectivity index (χ3v) is 6.88. The van der Waals surface area contributed by atoms with E-state index in [0.717, 1.165) is 32.6 Å². The molecule has 1 aliphatic carbocycles. The SMILES string of the molecule is CC12CN3CC(C)(CN(C1)C3C1(CCC#N)CCCC1)C2=O. The van der Waals surface area contributed by atoms with Gasteiger partial charge in [-0.3, -0.25) is 14.6 Å². The lowest BCUT2D eigenvalue weighted by molar-refractivity contribution is -0.217. The van der Waals surface area contributed by atoms with E-state index < -0.39 is 0 Å². The lowest BCUT2D eigenvalue weighted by Crippen LogP contribution is -2.80. The Morgan fingerprint density at radius 1 is 1.09 bits per heavy atom. The lowest BCUT2D eigenvalue weighted by atomic mass is 9.60. The van der Waals surface area contributed by atoms with Crippen LogP contribution in [0.4, 0.5) is 0 Å². The summed E-state index contributed by atoms with van der Waals surface area (Å²) in [6.07, 6.45) is 7.29. The van der Waals surface area contributed by atoms with Crippen LogP contribution >= 0.6 is 0 Å². The molecule has 4 nitrogen and oxygen atoms in total. The molecule has 4 heterocycles. The Kier molecular flexibility index (Phi) is 3.03. The van der Waals surface area contributed by atoms with Crippen molar-refractivity contribution in [1.82, 2.24) is 9.80 Å². The molecule has 0 unspecified atom stereocenters. The zero-order valence-electron chi connectivity index (χ0n) is 13.9. The number of carbonyl (C=O) groups is 1. The molecule has 0 amide bonds. The van der Waals surface area contributed by atoms with Crippen LogP contribution in [-0.4, -0.2) is 47.9 Å². The number of hydrogen-bond acceptors (Lipinski definition) is 4. The number of Topliss-reactive ketones (excluding diaryl/α,β-unsaturated/α-hetero) is 1. The van der Waals surface area contributed by atoms with Crippen LogP contribution in [0.1, 0.15) is 52.4 Å². The van der Waals surface area contributed by atoms with Gasteiger partial charge in [0.2, 0.25) is 0 Å². The number of nitrogens with zero attached hydrogens (tertiary/aromatic N) is 3. The molecule has 5 fully saturated rings. The molecular formula is C18H27N3O. The molecule has 4 bridgehead atoms. The summed E-state index contributed by atoms with van der Waals surface area (Å²) in [6, 6.07) is 2.37. The van der Waals surface area contributed by atoms with Crippen LogP contribution in [-0.2, 0) is 4.79 Å². The molecule has 1 saturated carbocycles. The predicted molar refractivity (Wildman–Crippen MR) is 83.9 cm³/mol. The van der Waals surface area contributed by atoms with Gasteiger partial charge in [-0.15, -0.1) is 0 Å². The van der Waals surface area contributed by atoms with Crippen molar-refractivity contribution < 1.29 is 4.79 Å². The lowest BCUT2D eigenvalue weighted by Gasteiger charge is -2.68. The second kappa shape index (κ2) is 4.55. The Hall–Kier alpha value is -0.920. The molecule has 4 saturated heterocycles. The first-order chi connectivity index (χ1) is 10.4. The highest BCUT2D eigenvalue weighted by Gasteiger charge is 2.65. The maximum Gasteiger partial charge on any atom is 0.149 e. The Morgan fingerprint density at radius 3 is 2.05 bits per heavy atom. The molecule has 0 aromatic carbocycles. The highest BCUT2D eigenvalue weighted by atomic mass is 16.1. The van der Waals surface area contributed by atoms with Gasteiger partial charge in [0.15, 0.2) is 0 Å². The number of rotatable bonds is 3. The largest absolute Gasteiger partial charge is 0.298 e. The molecular weight excluding hydrogens is 274 g/mol. The van der Waals surface area contributed by atoms with Crippen molar-refractivity contribution in [1.29, 1.82) is 5.26 Å². The van der Waals surface area contributed by atoms with Crippen molar-refractivity contribution in [2.75, 3.05) is 26.2 Å². The topological polar surface area (TPSA) is 47.3 Å². The third-order valence-electron chi connectivity index (χ3n) is 6.88. The van der Waals surface area contributed by atoms with Crippen molar-refractivity contribution in [3.05, 3.63) is 0 Å². The molecule has 0 spiro atoms. The molecule has 5 rings (SSSR count). The Bertz CT molecular complexity index is 503. The van der Waals surface area contributed by atoms with Gasteiger partial charge in [-0.1, -0.05) is 26.7 Å². The van der Waals surface area contributed by atoms with Gasteiger partial charge in [0.25, 0.3) is 0 Å². The normalized spacial score (nSPS) is 48.6. The Labute approximate surface area is 133 Å². The van der Waals surface area contributed by atoms with Gasteiger partial charge in [0, 0.05) is 38.0 Å². The fraction of sp³-hybridized carbons (Fsp3) is 0.889. The monoisotopic (exact) mass is 301 g/mol. The quantitative estimate of drug-likeness (QED) is 0.803. The van der Waals surface area contributed by atoms with Gasteiger partial charge in [0.05, 0.1) is 23.1 Å². The Morgan fingerprint density at radius 2 is 1.59 bits per heavy atom. The number of hydrogen-bond donors (Lipinski definition) is 0. The van der Waals surface area contributed by atoms with Gasteiger partial charge in [-0.25, -0.2) is 0 Å². The zero-order chi connectivity index (χ0) is 15.6. The van der Waals surface area contributed by atoms with E-state index >= 15 is 0 Å². The Balaban J connectivity index is 1.68. The molecule has 0 aromatic heterocycles. The smallest absolute Gasteiger partial charge is 0.149 e. The minimum absolute atomic E-state index is 0.170. The summed E-state index contributed by atoms with van der Waals surface area (Å²) < 4.78 is 0. The van der Waals surface area contributed by atoms with Crippen molar-refractivity contribution in [3.8, 4) is 6.07 Å². The zero-order valence-corrected chi connectivity index (χ0v) is 13.9. The number of piperidine rings is 2. The first-order valence-electron chi connectivity index (χ1n) is 8.83. The summed E-state index contributed by atoms with van der Waals surface area (Å²) in [7, 11) is 0. The van der Waals surface area contributed by atoms with Crippen LogP contribution in [0.15, 0.2) is 0 Å². The average Bonchev–Trinajstić information content (AvgIpc) is 2.91. The molecule has 120 valence electrons. The van der Waals surface area contributed by atoms with Crippen molar-refractivity contribution in [3.63, 3.8) is 0 Å². The fourth-order valence-corrected chi connectivity index (χ4v) is 6.39. The molecule has 0 atom stereocenters. The number of nitriles is 1. The first-order valence-corrected chi connectivity index (χ1v) is 8.83. The van der Waals surface area contributed by atoms with E-state index in [-0.39, 0.29) is 10.8 Å². The summed E-state index contributed by atoms with van der Waals surface area (Å²) in [5, 5.41) is 9.09. The van der Waals surface area contributed by atoms with Crippen molar-refractivity contribution >= 4 is 5.78 Å². The summed E-state index contributed by atoms with van der Waals surface area (Å²) in [5.41, 5.74) is -0.0493. The molecule has 0 N–H and O–H groups in total. The van der Waals surface area contributed by atoms with Crippen LogP contribution in [0.3, 0.4) is 0 Å². The minimum Gasteiger partial charge on any atom is -0.298 e. The highest BCUT2D eigenvalue weighted by Crippen LogP contribution is 2.56. The minimum atomic E-state index is -0.170. The molecule has 4 heteroatoms. The van der Waals surface area contributed by atoms with Crippen LogP contribution in [0, 0.1) is 27.6 Å². The summed E-state index contributed by atoms with van der Waals surface area (Å²) in [5.74, 6) is 0.489. The van der Waals surface area contributed by atoms with E-state index in [0.29, 0.717) is 23.8 Å². The van der Waals surface area contributed by atoms with Crippen LogP contribution < -0.4 is 0 Å².